The molecule has 1 rings (SSSR count). The molecule has 0 aliphatic carbocycles. The predicted molar refractivity (Wildman–Crippen MR) is 57.2 cm³/mol. The first-order valence-corrected chi connectivity index (χ1v) is 5.02. The molecule has 0 aliphatic heterocycles. The number of Topliss-reactive ketones (excluding diaryl/α,β-unsaturated/α-hetero) is 1. The summed E-state index contributed by atoms with van der Waals surface area (Å²) in [5.41, 5.74) is 0.699. The van der Waals surface area contributed by atoms with E-state index >= 15 is 0 Å². The summed E-state index contributed by atoms with van der Waals surface area (Å²) < 4.78 is 28.7. The van der Waals surface area contributed by atoms with Crippen molar-refractivity contribution in [2.45, 2.75) is 26.9 Å². The Balaban J connectivity index is 3.42. The highest BCUT2D eigenvalue weighted by molar-refractivity contribution is 5.97. The molecule has 0 bridgehead atoms. The topological polar surface area (TPSA) is 50.1 Å². The highest BCUT2D eigenvalue weighted by Crippen LogP contribution is 2.28. The average molecular weight is 239 g/mol. The van der Waals surface area contributed by atoms with Gasteiger partial charge in [-0.25, -0.2) is 0 Å². The number of carbonyl (C=O) groups is 1. The fourth-order valence-corrected chi connectivity index (χ4v) is 1.45. The Morgan fingerprint density at radius 3 is 2.59 bits per heavy atom. The molecule has 0 unspecified atom stereocenters. The third kappa shape index (κ3) is 3.00. The summed E-state index contributed by atoms with van der Waals surface area (Å²) in [5, 5.41) is 8.87. The molecule has 0 aromatic heterocycles. The fourth-order valence-electron chi connectivity index (χ4n) is 1.45. The van der Waals surface area contributed by atoms with Gasteiger partial charge in [0.15, 0.2) is 11.5 Å². The molecule has 0 N–H and O–H groups in total. The summed E-state index contributed by atoms with van der Waals surface area (Å²) in [4.78, 5) is 11.3. The maximum atomic E-state index is 12.2. The van der Waals surface area contributed by atoms with E-state index in [4.69, 9.17) is 5.26 Å². The van der Waals surface area contributed by atoms with Crippen molar-refractivity contribution >= 4 is 5.78 Å². The fraction of sp³-hybridized carbons (Fsp3) is 0.333. The minimum atomic E-state index is -3.06. The van der Waals surface area contributed by atoms with Crippen LogP contribution in [0, 0.1) is 11.3 Å². The van der Waals surface area contributed by atoms with Gasteiger partial charge in [-0.1, -0.05) is 6.92 Å². The standard InChI is InChI=1S/C12H11F2NO2/c1-3-8-4-9(6-15)11(17-12(13)14)10(5-8)7(2)16/h4-5,12H,3H2,1-2H3. The first-order chi connectivity index (χ1) is 7.99. The summed E-state index contributed by atoms with van der Waals surface area (Å²) >= 11 is 0. The Labute approximate surface area is 97.6 Å². The maximum absolute atomic E-state index is 12.2. The van der Waals surface area contributed by atoms with Crippen LogP contribution in [0.1, 0.15) is 35.3 Å². The van der Waals surface area contributed by atoms with Crippen LogP contribution in [-0.4, -0.2) is 12.4 Å². The van der Waals surface area contributed by atoms with Crippen molar-refractivity contribution in [1.82, 2.24) is 0 Å². The number of hydrogen-bond acceptors (Lipinski definition) is 3. The molecule has 17 heavy (non-hydrogen) atoms. The second kappa shape index (κ2) is 5.39. The van der Waals surface area contributed by atoms with Gasteiger partial charge in [0.2, 0.25) is 0 Å². The molecule has 1 aromatic rings. The van der Waals surface area contributed by atoms with Gasteiger partial charge in [0.05, 0.1) is 11.1 Å². The number of ketones is 1. The van der Waals surface area contributed by atoms with Gasteiger partial charge in [-0.3, -0.25) is 4.79 Å². The smallest absolute Gasteiger partial charge is 0.387 e. The molecule has 0 heterocycles. The first kappa shape index (κ1) is 13.1. The zero-order chi connectivity index (χ0) is 13.0. The van der Waals surface area contributed by atoms with E-state index in [1.165, 1.54) is 19.1 Å². The van der Waals surface area contributed by atoms with Gasteiger partial charge in [-0.05, 0) is 31.0 Å². The molecular formula is C12H11F2NO2. The van der Waals surface area contributed by atoms with Gasteiger partial charge in [-0.2, -0.15) is 14.0 Å². The molecule has 90 valence electrons. The van der Waals surface area contributed by atoms with Crippen molar-refractivity contribution in [3.05, 3.63) is 28.8 Å². The largest absolute Gasteiger partial charge is 0.433 e. The highest BCUT2D eigenvalue weighted by Gasteiger charge is 2.18. The number of alkyl halides is 2. The van der Waals surface area contributed by atoms with Crippen molar-refractivity contribution in [2.24, 2.45) is 0 Å². The van der Waals surface area contributed by atoms with Crippen molar-refractivity contribution in [2.75, 3.05) is 0 Å². The van der Waals surface area contributed by atoms with E-state index in [2.05, 4.69) is 4.74 Å². The van der Waals surface area contributed by atoms with E-state index in [0.29, 0.717) is 6.42 Å². The summed E-state index contributed by atoms with van der Waals surface area (Å²) in [6.07, 6.45) is 0.601. The second-order valence-electron chi connectivity index (χ2n) is 3.42. The summed E-state index contributed by atoms with van der Waals surface area (Å²) in [6.45, 7) is 0.0233. The molecule has 1 aromatic carbocycles. The molecule has 3 nitrogen and oxygen atoms in total. The Morgan fingerprint density at radius 2 is 2.18 bits per heavy atom. The summed E-state index contributed by atoms with van der Waals surface area (Å²) in [5.74, 6) is -0.750. The first-order valence-electron chi connectivity index (χ1n) is 5.02. The molecular weight excluding hydrogens is 228 g/mol. The van der Waals surface area contributed by atoms with Crippen LogP contribution in [0.25, 0.3) is 0 Å². The molecule has 0 amide bonds. The molecule has 0 aliphatic rings. The monoisotopic (exact) mass is 239 g/mol. The van der Waals surface area contributed by atoms with Crippen LogP contribution in [0.2, 0.25) is 0 Å². The number of hydrogen-bond donors (Lipinski definition) is 0. The molecule has 0 spiro atoms. The molecule has 5 heteroatoms. The Kier molecular flexibility index (Phi) is 4.16. The van der Waals surface area contributed by atoms with Crippen molar-refractivity contribution in [3.63, 3.8) is 0 Å². The van der Waals surface area contributed by atoms with Crippen LogP contribution in [0.5, 0.6) is 5.75 Å². The van der Waals surface area contributed by atoms with E-state index in [0.717, 1.165) is 5.56 Å². The Bertz CT molecular complexity index is 478. The number of nitriles is 1. The SMILES string of the molecule is CCc1cc(C#N)c(OC(F)F)c(C(C)=O)c1. The van der Waals surface area contributed by atoms with Gasteiger partial charge >= 0.3 is 6.61 Å². The summed E-state index contributed by atoms with van der Waals surface area (Å²) in [6, 6.07) is 4.68. The Hall–Kier alpha value is -1.96. The van der Waals surface area contributed by atoms with Crippen LogP contribution in [0.4, 0.5) is 8.78 Å². The number of aryl methyl sites for hydroxylation is 1. The zero-order valence-electron chi connectivity index (χ0n) is 9.46. The van der Waals surface area contributed by atoms with E-state index in [1.807, 2.05) is 6.92 Å². The van der Waals surface area contributed by atoms with E-state index in [-0.39, 0.29) is 16.9 Å². The number of ether oxygens (including phenoxy) is 1. The van der Waals surface area contributed by atoms with Crippen molar-refractivity contribution in [3.8, 4) is 11.8 Å². The van der Waals surface area contributed by atoms with E-state index < -0.39 is 12.4 Å². The zero-order valence-corrected chi connectivity index (χ0v) is 9.46. The van der Waals surface area contributed by atoms with E-state index in [1.54, 1.807) is 6.07 Å². The van der Waals surface area contributed by atoms with Crippen LogP contribution in [0.3, 0.4) is 0 Å². The number of benzene rings is 1. The second-order valence-corrected chi connectivity index (χ2v) is 3.42. The van der Waals surface area contributed by atoms with Crippen molar-refractivity contribution in [1.29, 1.82) is 5.26 Å². The minimum Gasteiger partial charge on any atom is -0.433 e. The van der Waals surface area contributed by atoms with Crippen LogP contribution in [-0.2, 0) is 6.42 Å². The molecule has 0 fully saturated rings. The summed E-state index contributed by atoms with van der Waals surface area (Å²) in [7, 11) is 0. The van der Waals surface area contributed by atoms with Crippen LogP contribution >= 0.6 is 0 Å². The van der Waals surface area contributed by atoms with Gasteiger partial charge < -0.3 is 4.74 Å². The lowest BCUT2D eigenvalue weighted by molar-refractivity contribution is -0.0503. The van der Waals surface area contributed by atoms with Gasteiger partial charge in [0.1, 0.15) is 6.07 Å². The predicted octanol–water partition coefficient (Wildman–Crippen LogP) is 2.92. The van der Waals surface area contributed by atoms with Gasteiger partial charge in [0.25, 0.3) is 0 Å². The molecule has 0 saturated heterocycles. The molecule has 0 atom stereocenters. The van der Waals surface area contributed by atoms with Crippen LogP contribution in [0.15, 0.2) is 12.1 Å². The molecule has 0 radical (unpaired) electrons. The quantitative estimate of drug-likeness (QED) is 0.759. The number of rotatable bonds is 4. The average Bonchev–Trinajstić information content (AvgIpc) is 2.28. The van der Waals surface area contributed by atoms with Gasteiger partial charge in [0, 0.05) is 0 Å². The lowest BCUT2D eigenvalue weighted by Gasteiger charge is -2.12. The third-order valence-electron chi connectivity index (χ3n) is 2.26. The van der Waals surface area contributed by atoms with Crippen molar-refractivity contribution < 1.29 is 18.3 Å². The number of nitrogens with zero attached hydrogens (tertiary/aromatic N) is 1. The highest BCUT2D eigenvalue weighted by atomic mass is 19.3. The number of carbonyl (C=O) groups excluding carboxylic acids is 1. The lowest BCUT2D eigenvalue weighted by Crippen LogP contribution is -2.09. The maximum Gasteiger partial charge on any atom is 0.387 e. The van der Waals surface area contributed by atoms with Gasteiger partial charge in [-0.15, -0.1) is 0 Å². The lowest BCUT2D eigenvalue weighted by atomic mass is 10.0. The Morgan fingerprint density at radius 1 is 1.53 bits per heavy atom. The third-order valence-corrected chi connectivity index (χ3v) is 2.26. The molecule has 0 saturated carbocycles. The minimum absolute atomic E-state index is 0.0150. The van der Waals surface area contributed by atoms with Crippen LogP contribution < -0.4 is 4.74 Å². The van der Waals surface area contributed by atoms with E-state index in [9.17, 15) is 13.6 Å². The normalized spacial score (nSPS) is 10.1. The number of halogens is 2.